The van der Waals surface area contributed by atoms with Crippen LogP contribution in [-0.2, 0) is 5.41 Å². The van der Waals surface area contributed by atoms with Crippen LogP contribution in [-0.4, -0.2) is 0 Å². The van der Waals surface area contributed by atoms with Crippen LogP contribution in [0.5, 0.6) is 0 Å². The lowest BCUT2D eigenvalue weighted by molar-refractivity contribution is 0.660. The first-order valence-electron chi connectivity index (χ1n) is 20.9. The Labute approximate surface area is 354 Å². The summed E-state index contributed by atoms with van der Waals surface area (Å²) in [6.07, 6.45) is 0. The third-order valence-corrected chi connectivity index (χ3v) is 12.6. The molecule has 0 amide bonds. The molecule has 0 saturated carbocycles. The van der Waals surface area contributed by atoms with E-state index in [9.17, 15) is 0 Å². The third kappa shape index (κ3) is 5.67. The van der Waals surface area contributed by atoms with E-state index in [-0.39, 0.29) is 5.41 Å². The Morgan fingerprint density at radius 3 is 1.33 bits per heavy atom. The Kier molecular flexibility index (Phi) is 7.85. The Hall–Kier alpha value is -7.82. The van der Waals surface area contributed by atoms with Gasteiger partial charge in [0.1, 0.15) is 22.3 Å². The first-order valence-corrected chi connectivity index (χ1v) is 20.9. The van der Waals surface area contributed by atoms with Crippen molar-refractivity contribution in [2.75, 3.05) is 9.80 Å². The van der Waals surface area contributed by atoms with Gasteiger partial charge in [0.15, 0.2) is 0 Å². The molecule has 1 aliphatic carbocycles. The number of hydrogen-bond donors (Lipinski definition) is 0. The van der Waals surface area contributed by atoms with Gasteiger partial charge in [-0.05, 0) is 137 Å². The molecular weight excluding hydrogens is 745 g/mol. The van der Waals surface area contributed by atoms with E-state index < -0.39 is 0 Å². The van der Waals surface area contributed by atoms with E-state index in [0.29, 0.717) is 0 Å². The van der Waals surface area contributed by atoms with Crippen molar-refractivity contribution < 1.29 is 8.83 Å². The number of nitrogens with zero attached hydrogens (tertiary/aromatic N) is 2. The van der Waals surface area contributed by atoms with Crippen LogP contribution < -0.4 is 9.80 Å². The van der Waals surface area contributed by atoms with Crippen molar-refractivity contribution in [3.63, 3.8) is 0 Å². The zero-order valence-corrected chi connectivity index (χ0v) is 33.8. The predicted octanol–water partition coefficient (Wildman–Crippen LogP) is 16.4. The summed E-state index contributed by atoms with van der Waals surface area (Å²) >= 11 is 0. The van der Waals surface area contributed by atoms with Crippen molar-refractivity contribution in [1.82, 2.24) is 0 Å². The van der Waals surface area contributed by atoms with E-state index in [0.717, 1.165) is 78.0 Å². The highest BCUT2D eigenvalue weighted by atomic mass is 16.3. The fourth-order valence-corrected chi connectivity index (χ4v) is 9.62. The largest absolute Gasteiger partial charge is 0.456 e. The zero-order chi connectivity index (χ0) is 40.7. The minimum Gasteiger partial charge on any atom is -0.456 e. The van der Waals surface area contributed by atoms with Crippen molar-refractivity contribution in [3.8, 4) is 22.3 Å². The van der Waals surface area contributed by atoms with Gasteiger partial charge in [0.2, 0.25) is 0 Å². The first kappa shape index (κ1) is 35.2. The first-order chi connectivity index (χ1) is 30.0. The molecule has 12 rings (SSSR count). The van der Waals surface area contributed by atoms with Crippen LogP contribution in [0.1, 0.15) is 25.0 Å². The fraction of sp³-hybridized carbons (Fsp3) is 0.0526. The topological polar surface area (TPSA) is 32.8 Å². The lowest BCUT2D eigenvalue weighted by Gasteiger charge is -2.28. The average molecular weight is 785 g/mol. The van der Waals surface area contributed by atoms with Crippen molar-refractivity contribution in [3.05, 3.63) is 217 Å². The zero-order valence-electron chi connectivity index (χ0n) is 33.8. The average Bonchev–Trinajstić information content (AvgIpc) is 3.94. The summed E-state index contributed by atoms with van der Waals surface area (Å²) in [6, 6.07) is 73.8. The van der Waals surface area contributed by atoms with Crippen LogP contribution in [0.2, 0.25) is 0 Å². The maximum absolute atomic E-state index is 6.22. The van der Waals surface area contributed by atoms with Crippen LogP contribution in [0, 0.1) is 0 Å². The van der Waals surface area contributed by atoms with E-state index >= 15 is 0 Å². The maximum Gasteiger partial charge on any atom is 0.135 e. The molecule has 9 aromatic carbocycles. The normalized spacial score (nSPS) is 12.9. The quantitative estimate of drug-likeness (QED) is 0.161. The highest BCUT2D eigenvalue weighted by Crippen LogP contribution is 2.52. The van der Waals surface area contributed by atoms with Gasteiger partial charge in [-0.2, -0.15) is 0 Å². The van der Waals surface area contributed by atoms with Gasteiger partial charge in [-0.15, -0.1) is 0 Å². The van der Waals surface area contributed by atoms with Gasteiger partial charge in [-0.1, -0.05) is 117 Å². The number of fused-ring (bicyclic) bond motifs is 9. The van der Waals surface area contributed by atoms with Crippen molar-refractivity contribution in [2.24, 2.45) is 0 Å². The molecule has 0 saturated heterocycles. The standard InChI is InChI=1S/C57H40N2O2/c1-57(2)51-33-38(37-14-13-19-41(32-37)58(39-15-5-3-6-16-39)42-26-30-55-49(34-42)47-20-9-11-22-53(47)60-55)24-28-45(51)46-29-25-44(36-52(46)57)59(40-17-7-4-8-18-40)43-27-31-56-50(35-43)48-21-10-12-23-54(48)61-56/h3-36H,1-2H3. The summed E-state index contributed by atoms with van der Waals surface area (Å²) in [5, 5.41) is 4.45. The van der Waals surface area contributed by atoms with Crippen LogP contribution >= 0.6 is 0 Å². The van der Waals surface area contributed by atoms with E-state index in [1.54, 1.807) is 0 Å². The minimum atomic E-state index is -0.236. The summed E-state index contributed by atoms with van der Waals surface area (Å²) < 4.78 is 12.4. The summed E-state index contributed by atoms with van der Waals surface area (Å²) in [5.41, 5.74) is 17.5. The van der Waals surface area contributed by atoms with Crippen molar-refractivity contribution in [2.45, 2.75) is 19.3 Å². The molecule has 0 fully saturated rings. The Morgan fingerprint density at radius 2 is 0.738 bits per heavy atom. The van der Waals surface area contributed by atoms with Crippen molar-refractivity contribution >= 4 is 78.0 Å². The molecule has 2 aromatic heterocycles. The van der Waals surface area contributed by atoms with E-state index in [2.05, 4.69) is 206 Å². The molecule has 0 radical (unpaired) electrons. The van der Waals surface area contributed by atoms with Gasteiger partial charge in [0.25, 0.3) is 0 Å². The van der Waals surface area contributed by atoms with E-state index in [1.165, 1.54) is 33.4 Å². The van der Waals surface area contributed by atoms with Gasteiger partial charge in [-0.25, -0.2) is 0 Å². The molecule has 0 N–H and O–H groups in total. The van der Waals surface area contributed by atoms with Gasteiger partial charge in [-0.3, -0.25) is 0 Å². The number of hydrogen-bond acceptors (Lipinski definition) is 4. The molecule has 0 spiro atoms. The molecule has 11 aromatic rings. The number of rotatable bonds is 7. The van der Waals surface area contributed by atoms with E-state index in [1.807, 2.05) is 24.3 Å². The van der Waals surface area contributed by atoms with Gasteiger partial charge in [0, 0.05) is 61.1 Å². The molecule has 290 valence electrons. The predicted molar refractivity (Wildman–Crippen MR) is 253 cm³/mol. The molecule has 0 bridgehead atoms. The molecule has 0 unspecified atom stereocenters. The highest BCUT2D eigenvalue weighted by molar-refractivity contribution is 6.07. The molecule has 1 aliphatic rings. The number of benzene rings is 9. The molecule has 0 atom stereocenters. The Morgan fingerprint density at radius 1 is 0.311 bits per heavy atom. The van der Waals surface area contributed by atoms with Crippen LogP contribution in [0.25, 0.3) is 66.1 Å². The Balaban J connectivity index is 0.929. The van der Waals surface area contributed by atoms with Gasteiger partial charge >= 0.3 is 0 Å². The van der Waals surface area contributed by atoms with Crippen LogP contribution in [0.15, 0.2) is 215 Å². The lowest BCUT2D eigenvalue weighted by Crippen LogP contribution is -2.16. The number of anilines is 6. The molecule has 4 nitrogen and oxygen atoms in total. The monoisotopic (exact) mass is 784 g/mol. The smallest absolute Gasteiger partial charge is 0.135 e. The second-order valence-corrected chi connectivity index (χ2v) is 16.6. The van der Waals surface area contributed by atoms with Crippen LogP contribution in [0.3, 0.4) is 0 Å². The van der Waals surface area contributed by atoms with Gasteiger partial charge < -0.3 is 18.6 Å². The summed E-state index contributed by atoms with van der Waals surface area (Å²) in [7, 11) is 0. The van der Waals surface area contributed by atoms with E-state index in [4.69, 9.17) is 8.83 Å². The SMILES string of the molecule is CC1(C)c2cc(-c3cccc(N(c4ccccc4)c4ccc5oc6ccccc6c5c4)c3)ccc2-c2ccc(N(c3ccccc3)c3ccc4oc5ccccc5c4c3)cc21. The Bertz CT molecular complexity index is 3470. The number of furan rings is 2. The lowest BCUT2D eigenvalue weighted by atomic mass is 9.81. The molecular formula is C57H40N2O2. The molecule has 4 heteroatoms. The summed E-state index contributed by atoms with van der Waals surface area (Å²) in [6.45, 7) is 4.73. The van der Waals surface area contributed by atoms with Crippen LogP contribution in [0.4, 0.5) is 34.1 Å². The minimum absolute atomic E-state index is 0.236. The van der Waals surface area contributed by atoms with Crippen molar-refractivity contribution in [1.29, 1.82) is 0 Å². The van der Waals surface area contributed by atoms with Gasteiger partial charge in [0.05, 0.1) is 0 Å². The molecule has 0 aliphatic heterocycles. The fourth-order valence-electron chi connectivity index (χ4n) is 9.62. The summed E-state index contributed by atoms with van der Waals surface area (Å²) in [5.74, 6) is 0. The second-order valence-electron chi connectivity index (χ2n) is 16.6. The number of para-hydroxylation sites is 4. The maximum atomic E-state index is 6.22. The molecule has 61 heavy (non-hydrogen) atoms. The third-order valence-electron chi connectivity index (χ3n) is 12.6. The summed E-state index contributed by atoms with van der Waals surface area (Å²) in [4.78, 5) is 4.70. The second kappa shape index (κ2) is 13.6. The molecule has 2 heterocycles. The highest BCUT2D eigenvalue weighted by Gasteiger charge is 2.36.